The molecule has 0 bridgehead atoms. The van der Waals surface area contributed by atoms with E-state index in [9.17, 15) is 0 Å². The fourth-order valence-corrected chi connectivity index (χ4v) is 1.20. The minimum Gasteiger partial charge on any atom is -0.341 e. The molecule has 64 valence electrons. The Kier molecular flexibility index (Phi) is 3.81. The second-order valence-electron chi connectivity index (χ2n) is 2.82. The normalized spacial score (nSPS) is 10.2. The fraction of sp³-hybridized carbons (Fsp3) is 0.444. The topological polar surface area (TPSA) is 16.1 Å². The smallest absolute Gasteiger partial charge is 0.240 e. The van der Waals surface area contributed by atoms with Crippen LogP contribution in [0.15, 0.2) is 24.5 Å². The summed E-state index contributed by atoms with van der Waals surface area (Å²) in [6.45, 7) is 6.57. The van der Waals surface area contributed by atoms with Crippen LogP contribution < -0.4 is 5.46 Å². The molecule has 1 aromatic heterocycles. The molecule has 0 saturated carbocycles. The van der Waals surface area contributed by atoms with Gasteiger partial charge in [0.15, 0.2) is 0 Å². The maximum atomic E-state index is 4.08. The van der Waals surface area contributed by atoms with Gasteiger partial charge in [0.1, 0.15) is 0 Å². The number of nitrogens with zero attached hydrogens (tertiary/aromatic N) is 2. The summed E-state index contributed by atoms with van der Waals surface area (Å²) >= 11 is 0. The van der Waals surface area contributed by atoms with Gasteiger partial charge in [-0.05, 0) is 24.6 Å². The van der Waals surface area contributed by atoms with Gasteiger partial charge >= 0.3 is 0 Å². The highest BCUT2D eigenvalue weighted by molar-refractivity contribution is 6.50. The standard InChI is InChI=1S/C9H15BN2/c1-3-12(4-2)10-9-6-5-7-11-8-9/h5-8,10H,3-4H2,1-2H3. The van der Waals surface area contributed by atoms with Gasteiger partial charge in [0.05, 0.1) is 0 Å². The fourth-order valence-electron chi connectivity index (χ4n) is 1.20. The maximum absolute atomic E-state index is 4.08. The highest BCUT2D eigenvalue weighted by Crippen LogP contribution is 1.84. The second kappa shape index (κ2) is 4.93. The average molecular weight is 162 g/mol. The Morgan fingerprint density at radius 3 is 2.67 bits per heavy atom. The SMILES string of the molecule is CCN(Bc1cccnc1)CC. The van der Waals surface area contributed by atoms with Crippen molar-refractivity contribution in [2.45, 2.75) is 13.8 Å². The van der Waals surface area contributed by atoms with Crippen molar-refractivity contribution in [3.63, 3.8) is 0 Å². The molecule has 0 unspecified atom stereocenters. The van der Waals surface area contributed by atoms with E-state index >= 15 is 0 Å². The van der Waals surface area contributed by atoms with Crippen molar-refractivity contribution in [3.8, 4) is 0 Å². The van der Waals surface area contributed by atoms with Crippen molar-refractivity contribution in [2.75, 3.05) is 13.1 Å². The molecule has 1 aromatic rings. The molecule has 0 aromatic carbocycles. The molecule has 0 saturated heterocycles. The third-order valence-electron chi connectivity index (χ3n) is 2.02. The van der Waals surface area contributed by atoms with Crippen molar-refractivity contribution in [2.24, 2.45) is 0 Å². The molecule has 0 radical (unpaired) electrons. The van der Waals surface area contributed by atoms with Gasteiger partial charge in [-0.3, -0.25) is 4.98 Å². The van der Waals surface area contributed by atoms with Gasteiger partial charge in [-0.1, -0.05) is 19.9 Å². The zero-order valence-electron chi connectivity index (χ0n) is 7.83. The molecule has 0 fully saturated rings. The lowest BCUT2D eigenvalue weighted by Gasteiger charge is -2.16. The Labute approximate surface area is 74.9 Å². The van der Waals surface area contributed by atoms with E-state index in [1.54, 1.807) is 0 Å². The van der Waals surface area contributed by atoms with Crippen LogP contribution in [0.25, 0.3) is 0 Å². The molecule has 2 nitrogen and oxygen atoms in total. The van der Waals surface area contributed by atoms with Crippen LogP contribution in [0.1, 0.15) is 13.8 Å². The minimum atomic E-state index is 1.01. The molecule has 0 atom stereocenters. The lowest BCUT2D eigenvalue weighted by molar-refractivity contribution is 0.498. The van der Waals surface area contributed by atoms with Gasteiger partial charge in [0.25, 0.3) is 0 Å². The van der Waals surface area contributed by atoms with Crippen LogP contribution in [0.5, 0.6) is 0 Å². The van der Waals surface area contributed by atoms with Crippen LogP contribution in [0.3, 0.4) is 0 Å². The van der Waals surface area contributed by atoms with Crippen LogP contribution in [0, 0.1) is 0 Å². The third-order valence-corrected chi connectivity index (χ3v) is 2.02. The molecule has 0 N–H and O–H groups in total. The first-order valence-corrected chi connectivity index (χ1v) is 4.48. The lowest BCUT2D eigenvalue weighted by atomic mass is 9.82. The quantitative estimate of drug-likeness (QED) is 0.595. The Hall–Kier alpha value is -0.825. The summed E-state index contributed by atoms with van der Waals surface area (Å²) in [5, 5.41) is 0. The molecular weight excluding hydrogens is 147 g/mol. The first kappa shape index (κ1) is 9.26. The first-order valence-electron chi connectivity index (χ1n) is 4.48. The van der Waals surface area contributed by atoms with Crippen LogP contribution in [0.2, 0.25) is 0 Å². The monoisotopic (exact) mass is 162 g/mol. The van der Waals surface area contributed by atoms with Crippen LogP contribution in [0.4, 0.5) is 0 Å². The van der Waals surface area contributed by atoms with Crippen molar-refractivity contribution < 1.29 is 0 Å². The highest BCUT2D eigenvalue weighted by atomic mass is 15.0. The summed E-state index contributed by atoms with van der Waals surface area (Å²) < 4.78 is 0. The molecule has 0 amide bonds. The summed E-state index contributed by atoms with van der Waals surface area (Å²) in [7, 11) is 1.01. The van der Waals surface area contributed by atoms with Crippen molar-refractivity contribution in [3.05, 3.63) is 24.5 Å². The van der Waals surface area contributed by atoms with E-state index in [0.717, 1.165) is 20.5 Å². The average Bonchev–Trinajstić information content (AvgIpc) is 2.16. The molecule has 3 heteroatoms. The van der Waals surface area contributed by atoms with Crippen LogP contribution in [-0.4, -0.2) is 30.3 Å². The predicted octanol–water partition coefficient (Wildman–Crippen LogP) is 0.400. The van der Waals surface area contributed by atoms with Crippen molar-refractivity contribution in [1.82, 2.24) is 9.79 Å². The molecular formula is C9H15BN2. The number of hydrogen-bond donors (Lipinski definition) is 0. The molecule has 0 spiro atoms. The molecule has 12 heavy (non-hydrogen) atoms. The number of aromatic nitrogens is 1. The summed E-state index contributed by atoms with van der Waals surface area (Å²) in [6.07, 6.45) is 3.74. The summed E-state index contributed by atoms with van der Waals surface area (Å²) in [6, 6.07) is 4.10. The largest absolute Gasteiger partial charge is 0.341 e. The zero-order chi connectivity index (χ0) is 8.81. The Balaban J connectivity index is 2.51. The maximum Gasteiger partial charge on any atom is 0.240 e. The summed E-state index contributed by atoms with van der Waals surface area (Å²) in [5.74, 6) is 0. The van der Waals surface area contributed by atoms with E-state index in [2.05, 4.69) is 29.7 Å². The van der Waals surface area contributed by atoms with Crippen molar-refractivity contribution in [1.29, 1.82) is 0 Å². The predicted molar refractivity (Wildman–Crippen MR) is 53.9 cm³/mol. The first-order chi connectivity index (χ1) is 5.86. The number of rotatable bonds is 4. The van der Waals surface area contributed by atoms with Crippen molar-refractivity contribution >= 4 is 12.9 Å². The molecule has 0 aliphatic rings. The Morgan fingerprint density at radius 1 is 1.42 bits per heavy atom. The van der Waals surface area contributed by atoms with E-state index in [-0.39, 0.29) is 0 Å². The summed E-state index contributed by atoms with van der Waals surface area (Å²) in [4.78, 5) is 6.45. The number of pyridine rings is 1. The Morgan fingerprint density at radius 2 is 2.17 bits per heavy atom. The van der Waals surface area contributed by atoms with E-state index in [1.165, 1.54) is 5.46 Å². The molecule has 0 aliphatic heterocycles. The van der Waals surface area contributed by atoms with Gasteiger partial charge in [0, 0.05) is 12.4 Å². The van der Waals surface area contributed by atoms with E-state index in [0.29, 0.717) is 0 Å². The minimum absolute atomic E-state index is 1.01. The van der Waals surface area contributed by atoms with Gasteiger partial charge in [-0.2, -0.15) is 0 Å². The van der Waals surface area contributed by atoms with Gasteiger partial charge < -0.3 is 4.81 Å². The van der Waals surface area contributed by atoms with E-state index in [1.807, 2.05) is 18.5 Å². The van der Waals surface area contributed by atoms with Gasteiger partial charge in [-0.15, -0.1) is 0 Å². The van der Waals surface area contributed by atoms with E-state index < -0.39 is 0 Å². The van der Waals surface area contributed by atoms with E-state index in [4.69, 9.17) is 0 Å². The molecule has 1 rings (SSSR count). The molecule has 1 heterocycles. The second-order valence-corrected chi connectivity index (χ2v) is 2.82. The number of hydrogen-bond acceptors (Lipinski definition) is 2. The van der Waals surface area contributed by atoms with Crippen LogP contribution >= 0.6 is 0 Å². The van der Waals surface area contributed by atoms with Gasteiger partial charge in [-0.25, -0.2) is 0 Å². The van der Waals surface area contributed by atoms with Gasteiger partial charge in [0.2, 0.25) is 7.41 Å². The third kappa shape index (κ3) is 2.66. The molecule has 0 aliphatic carbocycles. The zero-order valence-corrected chi connectivity index (χ0v) is 7.83. The Bertz CT molecular complexity index is 209. The summed E-state index contributed by atoms with van der Waals surface area (Å²) in [5.41, 5.74) is 1.29. The van der Waals surface area contributed by atoms with Crippen LogP contribution in [-0.2, 0) is 0 Å². The highest BCUT2D eigenvalue weighted by Gasteiger charge is 2.02. The lowest BCUT2D eigenvalue weighted by Crippen LogP contribution is -2.35.